The molecule has 7 nitrogen and oxygen atoms in total. The van der Waals surface area contributed by atoms with E-state index < -0.39 is 23.9 Å². The molecule has 0 aromatic heterocycles. The number of hydrogen-bond acceptors (Lipinski definition) is 6. The Morgan fingerprint density at radius 2 is 1.56 bits per heavy atom. The first-order chi connectivity index (χ1) is 12.8. The van der Waals surface area contributed by atoms with Crippen LogP contribution in [0.15, 0.2) is 42.5 Å². The van der Waals surface area contributed by atoms with Crippen molar-refractivity contribution in [2.45, 2.75) is 13.0 Å². The van der Waals surface area contributed by atoms with Crippen molar-refractivity contribution in [2.75, 3.05) is 19.5 Å². The zero-order valence-electron chi connectivity index (χ0n) is 14.9. The summed E-state index contributed by atoms with van der Waals surface area (Å²) in [5.74, 6) is -1.34. The highest BCUT2D eigenvalue weighted by molar-refractivity contribution is 6.31. The molecular formula is C19H18ClNO6. The van der Waals surface area contributed by atoms with E-state index in [1.807, 2.05) is 0 Å². The van der Waals surface area contributed by atoms with Crippen LogP contribution in [0.1, 0.15) is 27.6 Å². The molecule has 0 aliphatic rings. The zero-order chi connectivity index (χ0) is 20.0. The van der Waals surface area contributed by atoms with Crippen LogP contribution in [0.3, 0.4) is 0 Å². The number of rotatable bonds is 6. The summed E-state index contributed by atoms with van der Waals surface area (Å²) in [6.45, 7) is 1.44. The van der Waals surface area contributed by atoms with Crippen molar-refractivity contribution in [3.63, 3.8) is 0 Å². The summed E-state index contributed by atoms with van der Waals surface area (Å²) >= 11 is 5.92. The van der Waals surface area contributed by atoms with Crippen molar-refractivity contribution in [1.29, 1.82) is 0 Å². The maximum atomic E-state index is 12.3. The Morgan fingerprint density at radius 1 is 0.963 bits per heavy atom. The van der Waals surface area contributed by atoms with Crippen LogP contribution < -0.4 is 10.1 Å². The van der Waals surface area contributed by atoms with Crippen LogP contribution in [0, 0.1) is 0 Å². The number of nitrogens with one attached hydrogen (secondary N) is 1. The molecular weight excluding hydrogens is 374 g/mol. The summed E-state index contributed by atoms with van der Waals surface area (Å²) < 4.78 is 14.9. The molecule has 0 saturated carbocycles. The average molecular weight is 392 g/mol. The molecule has 8 heteroatoms. The minimum atomic E-state index is -1.07. The third-order valence-electron chi connectivity index (χ3n) is 3.61. The van der Waals surface area contributed by atoms with Gasteiger partial charge in [-0.1, -0.05) is 11.6 Å². The molecule has 0 bridgehead atoms. The number of carbonyl (C=O) groups is 3. The van der Waals surface area contributed by atoms with E-state index in [0.29, 0.717) is 22.0 Å². The molecule has 0 aliphatic carbocycles. The third-order valence-corrected chi connectivity index (χ3v) is 3.85. The summed E-state index contributed by atoms with van der Waals surface area (Å²) in [5, 5.41) is 3.02. The maximum Gasteiger partial charge on any atom is 0.338 e. The Balaban J connectivity index is 2.02. The van der Waals surface area contributed by atoms with Crippen LogP contribution >= 0.6 is 11.6 Å². The monoisotopic (exact) mass is 391 g/mol. The van der Waals surface area contributed by atoms with Crippen molar-refractivity contribution >= 4 is 35.1 Å². The van der Waals surface area contributed by atoms with Gasteiger partial charge in [0, 0.05) is 5.02 Å². The molecule has 2 rings (SSSR count). The molecule has 27 heavy (non-hydrogen) atoms. The second-order valence-corrected chi connectivity index (χ2v) is 5.89. The van der Waals surface area contributed by atoms with Crippen molar-refractivity contribution in [3.05, 3.63) is 58.6 Å². The molecule has 0 radical (unpaired) electrons. The molecule has 2 aromatic carbocycles. The van der Waals surface area contributed by atoms with Gasteiger partial charge in [-0.2, -0.15) is 0 Å². The van der Waals surface area contributed by atoms with Crippen LogP contribution in [-0.2, 0) is 14.3 Å². The molecule has 1 amide bonds. The van der Waals surface area contributed by atoms with Gasteiger partial charge in [-0.3, -0.25) is 4.79 Å². The lowest BCUT2D eigenvalue weighted by atomic mass is 10.1. The molecule has 0 unspecified atom stereocenters. The fourth-order valence-electron chi connectivity index (χ4n) is 2.15. The van der Waals surface area contributed by atoms with Crippen LogP contribution in [0.4, 0.5) is 5.69 Å². The van der Waals surface area contributed by atoms with Crippen LogP contribution in [0.2, 0.25) is 5.02 Å². The zero-order valence-corrected chi connectivity index (χ0v) is 15.7. The summed E-state index contributed by atoms with van der Waals surface area (Å²) in [6, 6.07) is 10.5. The Labute approximate surface area is 161 Å². The summed E-state index contributed by atoms with van der Waals surface area (Å²) in [4.78, 5) is 35.9. The molecule has 0 heterocycles. The molecule has 1 N–H and O–H groups in total. The lowest BCUT2D eigenvalue weighted by Gasteiger charge is -2.15. The van der Waals surface area contributed by atoms with Gasteiger partial charge in [0.05, 0.1) is 31.0 Å². The second kappa shape index (κ2) is 9.05. The topological polar surface area (TPSA) is 90.9 Å². The van der Waals surface area contributed by atoms with Gasteiger partial charge in [-0.15, -0.1) is 0 Å². The lowest BCUT2D eigenvalue weighted by molar-refractivity contribution is -0.123. The number of anilines is 1. The number of esters is 2. The molecule has 0 aliphatic heterocycles. The van der Waals surface area contributed by atoms with E-state index in [1.54, 1.807) is 12.1 Å². The fraction of sp³-hybridized carbons (Fsp3) is 0.211. The van der Waals surface area contributed by atoms with Gasteiger partial charge in [0.25, 0.3) is 5.91 Å². The quantitative estimate of drug-likeness (QED) is 0.759. The van der Waals surface area contributed by atoms with E-state index in [4.69, 9.17) is 21.1 Å². The first kappa shape index (κ1) is 20.3. The van der Waals surface area contributed by atoms with Gasteiger partial charge in [0.15, 0.2) is 6.10 Å². The van der Waals surface area contributed by atoms with Crippen molar-refractivity contribution in [1.82, 2.24) is 0 Å². The predicted octanol–water partition coefficient (Wildman–Crippen LogP) is 3.32. The first-order valence-corrected chi connectivity index (χ1v) is 8.27. The van der Waals surface area contributed by atoms with Gasteiger partial charge < -0.3 is 19.5 Å². The van der Waals surface area contributed by atoms with E-state index >= 15 is 0 Å². The number of ether oxygens (including phenoxy) is 3. The highest BCUT2D eigenvalue weighted by Crippen LogP contribution is 2.27. The van der Waals surface area contributed by atoms with Gasteiger partial charge in [0.2, 0.25) is 0 Å². The van der Waals surface area contributed by atoms with E-state index in [9.17, 15) is 14.4 Å². The van der Waals surface area contributed by atoms with E-state index in [0.717, 1.165) is 0 Å². The minimum absolute atomic E-state index is 0.197. The fourth-order valence-corrected chi connectivity index (χ4v) is 2.33. The summed E-state index contributed by atoms with van der Waals surface area (Å²) in [6.07, 6.45) is -1.07. The molecule has 0 spiro atoms. The molecule has 0 saturated heterocycles. The number of hydrogen-bond donors (Lipinski definition) is 1. The average Bonchev–Trinajstić information content (AvgIpc) is 2.67. The Morgan fingerprint density at radius 3 is 2.11 bits per heavy atom. The second-order valence-electron chi connectivity index (χ2n) is 5.45. The lowest BCUT2D eigenvalue weighted by Crippen LogP contribution is -2.30. The number of methoxy groups -OCH3 is 2. The number of carbonyl (C=O) groups excluding carboxylic acids is 3. The minimum Gasteiger partial charge on any atom is -0.495 e. The molecule has 142 valence electrons. The number of amides is 1. The maximum absolute atomic E-state index is 12.3. The van der Waals surface area contributed by atoms with Crippen LogP contribution in [0.5, 0.6) is 5.75 Å². The Bertz CT molecular complexity index is 850. The molecule has 1 atom stereocenters. The van der Waals surface area contributed by atoms with Crippen molar-refractivity contribution in [2.24, 2.45) is 0 Å². The highest BCUT2D eigenvalue weighted by Gasteiger charge is 2.20. The van der Waals surface area contributed by atoms with Gasteiger partial charge in [-0.25, -0.2) is 9.59 Å². The Hall–Kier alpha value is -3.06. The smallest absolute Gasteiger partial charge is 0.338 e. The van der Waals surface area contributed by atoms with Gasteiger partial charge in [0.1, 0.15) is 5.75 Å². The van der Waals surface area contributed by atoms with Crippen molar-refractivity contribution < 1.29 is 28.6 Å². The third kappa shape index (κ3) is 5.21. The SMILES string of the molecule is COC(=O)c1ccc(C(=O)O[C@H](C)C(=O)Nc2cc(Cl)ccc2OC)cc1. The normalized spacial score (nSPS) is 11.3. The number of benzene rings is 2. The standard InChI is InChI=1S/C19H18ClNO6/c1-11(17(22)21-15-10-14(20)8-9-16(15)25-2)27-19(24)13-6-4-12(5-7-13)18(23)26-3/h4-11H,1-3H3,(H,21,22)/t11-/m1/s1. The number of halogens is 1. The van der Waals surface area contributed by atoms with E-state index in [-0.39, 0.29) is 5.56 Å². The van der Waals surface area contributed by atoms with Gasteiger partial charge >= 0.3 is 11.9 Å². The van der Waals surface area contributed by atoms with Crippen LogP contribution in [0.25, 0.3) is 0 Å². The van der Waals surface area contributed by atoms with E-state index in [1.165, 1.54) is 51.5 Å². The summed E-state index contributed by atoms with van der Waals surface area (Å²) in [7, 11) is 2.72. The Kier molecular flexibility index (Phi) is 6.79. The van der Waals surface area contributed by atoms with Gasteiger partial charge in [-0.05, 0) is 49.4 Å². The first-order valence-electron chi connectivity index (χ1n) is 7.89. The van der Waals surface area contributed by atoms with Crippen LogP contribution in [-0.4, -0.2) is 38.2 Å². The predicted molar refractivity (Wildman–Crippen MR) is 99.3 cm³/mol. The largest absolute Gasteiger partial charge is 0.495 e. The summed E-state index contributed by atoms with van der Waals surface area (Å²) in [5.41, 5.74) is 0.857. The molecule has 2 aromatic rings. The van der Waals surface area contributed by atoms with Crippen molar-refractivity contribution in [3.8, 4) is 5.75 Å². The van der Waals surface area contributed by atoms with E-state index in [2.05, 4.69) is 10.1 Å². The molecule has 0 fully saturated rings. The highest BCUT2D eigenvalue weighted by atomic mass is 35.5.